The lowest BCUT2D eigenvalue weighted by molar-refractivity contribution is -0.149. The Kier molecular flexibility index (Phi) is 5.32. The summed E-state index contributed by atoms with van der Waals surface area (Å²) < 4.78 is 6.29. The van der Waals surface area contributed by atoms with Crippen molar-refractivity contribution >= 4 is 33.4 Å². The summed E-state index contributed by atoms with van der Waals surface area (Å²) in [5.74, 6) is -1.07. The lowest BCUT2D eigenvalue weighted by atomic mass is 10.00. The molecule has 1 amide bonds. The maximum Gasteiger partial charge on any atom is 0.308 e. The molecule has 1 fully saturated rings. The molecule has 0 spiro atoms. The number of ether oxygens (including phenoxy) is 1. The Bertz CT molecular complexity index is 921. The predicted octanol–water partition coefficient (Wildman–Crippen LogP) is 1.34. The van der Waals surface area contributed by atoms with Gasteiger partial charge in [-0.15, -0.1) is 11.3 Å². The second kappa shape index (κ2) is 7.66. The number of hydrogen-bond donors (Lipinski definition) is 1. The Balaban J connectivity index is 1.48. The molecule has 1 N–H and O–H groups in total. The first-order valence-corrected chi connectivity index (χ1v) is 9.21. The van der Waals surface area contributed by atoms with Gasteiger partial charge in [-0.1, -0.05) is 0 Å². The Labute approximate surface area is 153 Å². The van der Waals surface area contributed by atoms with Crippen molar-refractivity contribution in [1.82, 2.24) is 14.9 Å². The van der Waals surface area contributed by atoms with Crippen LogP contribution < -0.4 is 10.9 Å². The first kappa shape index (κ1) is 18.1. The van der Waals surface area contributed by atoms with Crippen molar-refractivity contribution < 1.29 is 14.3 Å². The number of thiophene rings is 1. The second-order valence-electron chi connectivity index (χ2n) is 6.24. The van der Waals surface area contributed by atoms with Crippen molar-refractivity contribution in [1.29, 1.82) is 5.26 Å². The molecule has 26 heavy (non-hydrogen) atoms. The Morgan fingerprint density at radius 1 is 1.42 bits per heavy atom. The van der Waals surface area contributed by atoms with E-state index in [1.54, 1.807) is 11.4 Å². The fourth-order valence-electron chi connectivity index (χ4n) is 3.03. The molecule has 8 nitrogen and oxygen atoms in total. The van der Waals surface area contributed by atoms with E-state index in [1.807, 2.05) is 0 Å². The molecule has 0 atom stereocenters. The van der Waals surface area contributed by atoms with E-state index in [-0.39, 0.29) is 18.5 Å². The number of esters is 1. The fraction of sp³-hybridized carbons (Fsp3) is 0.471. The Morgan fingerprint density at radius 2 is 2.19 bits per heavy atom. The highest BCUT2D eigenvalue weighted by Gasteiger charge is 2.35. The van der Waals surface area contributed by atoms with Crippen LogP contribution >= 0.6 is 11.3 Å². The first-order chi connectivity index (χ1) is 12.5. The maximum atomic E-state index is 12.2. The summed E-state index contributed by atoms with van der Waals surface area (Å²) in [6.07, 6.45) is 4.37. The smallest absolute Gasteiger partial charge is 0.308 e. The van der Waals surface area contributed by atoms with Crippen molar-refractivity contribution in [3.05, 3.63) is 28.1 Å². The highest BCUT2D eigenvalue weighted by Crippen LogP contribution is 2.28. The number of aromatic nitrogens is 2. The van der Waals surface area contributed by atoms with E-state index in [0.29, 0.717) is 23.1 Å². The summed E-state index contributed by atoms with van der Waals surface area (Å²) in [4.78, 5) is 40.8. The molecule has 0 saturated heterocycles. The topological polar surface area (TPSA) is 114 Å². The van der Waals surface area contributed by atoms with Crippen LogP contribution in [0.1, 0.15) is 32.1 Å². The zero-order valence-corrected chi connectivity index (χ0v) is 14.9. The molecule has 0 bridgehead atoms. The molecule has 0 radical (unpaired) electrons. The predicted molar refractivity (Wildman–Crippen MR) is 94.4 cm³/mol. The third kappa shape index (κ3) is 3.91. The number of aryl methyl sites for hydroxylation is 1. The highest BCUT2D eigenvalue weighted by atomic mass is 32.1. The van der Waals surface area contributed by atoms with Crippen LogP contribution in [0.4, 0.5) is 0 Å². The summed E-state index contributed by atoms with van der Waals surface area (Å²) in [5, 5.41) is 14.2. The molecular weight excluding hydrogens is 356 g/mol. The van der Waals surface area contributed by atoms with Crippen molar-refractivity contribution in [2.24, 2.45) is 0 Å². The molecule has 1 aliphatic carbocycles. The normalized spacial score (nSPS) is 15.5. The highest BCUT2D eigenvalue weighted by molar-refractivity contribution is 7.16. The van der Waals surface area contributed by atoms with Gasteiger partial charge in [0.15, 0.2) is 6.61 Å². The number of fused-ring (bicyclic) bond motifs is 1. The van der Waals surface area contributed by atoms with Gasteiger partial charge in [0.25, 0.3) is 11.5 Å². The summed E-state index contributed by atoms with van der Waals surface area (Å²) in [7, 11) is 0. The average molecular weight is 374 g/mol. The average Bonchev–Trinajstić information content (AvgIpc) is 3.29. The maximum absolute atomic E-state index is 12.2. The minimum atomic E-state index is -0.835. The van der Waals surface area contributed by atoms with E-state index in [1.165, 1.54) is 22.2 Å². The van der Waals surface area contributed by atoms with Gasteiger partial charge in [0.1, 0.15) is 10.4 Å². The molecule has 0 unspecified atom stereocenters. The third-order valence-corrected chi connectivity index (χ3v) is 5.24. The molecule has 2 aromatic rings. The SMILES string of the molecule is N#CC1(NC(=O)COC(=O)CCn2cnc3sccc3c2=O)CCCC1. The number of hydrogen-bond acceptors (Lipinski definition) is 7. The van der Waals surface area contributed by atoms with Gasteiger partial charge < -0.3 is 10.1 Å². The zero-order chi connectivity index (χ0) is 18.6. The molecule has 0 aliphatic heterocycles. The number of nitriles is 1. The molecule has 1 aliphatic rings. The van der Waals surface area contributed by atoms with Crippen LogP contribution in [0.5, 0.6) is 0 Å². The summed E-state index contributed by atoms with van der Waals surface area (Å²) >= 11 is 1.38. The number of rotatable bonds is 6. The quantitative estimate of drug-likeness (QED) is 0.763. The van der Waals surface area contributed by atoms with E-state index in [9.17, 15) is 19.6 Å². The first-order valence-electron chi connectivity index (χ1n) is 8.33. The van der Waals surface area contributed by atoms with Gasteiger partial charge in [0, 0.05) is 6.54 Å². The Morgan fingerprint density at radius 3 is 2.92 bits per heavy atom. The van der Waals surface area contributed by atoms with Gasteiger partial charge in [-0.3, -0.25) is 19.0 Å². The fourth-order valence-corrected chi connectivity index (χ4v) is 3.75. The standard InChI is InChI=1S/C17H18N4O4S/c18-10-17(5-1-2-6-17)20-13(22)9-25-14(23)3-7-21-11-19-15-12(16(21)24)4-8-26-15/h4,8,11H,1-3,5-7,9H2,(H,20,22). The van der Waals surface area contributed by atoms with Gasteiger partial charge in [0.05, 0.1) is 24.2 Å². The summed E-state index contributed by atoms with van der Waals surface area (Å²) in [5.41, 5.74) is -1.04. The molecular formula is C17H18N4O4S. The van der Waals surface area contributed by atoms with E-state index in [4.69, 9.17) is 4.74 Å². The Hall–Kier alpha value is -2.73. The molecule has 1 saturated carbocycles. The summed E-state index contributed by atoms with van der Waals surface area (Å²) in [6, 6.07) is 3.84. The van der Waals surface area contributed by atoms with Gasteiger partial charge in [0.2, 0.25) is 0 Å². The van der Waals surface area contributed by atoms with Crippen LogP contribution in [-0.2, 0) is 20.9 Å². The van der Waals surface area contributed by atoms with Gasteiger partial charge >= 0.3 is 5.97 Å². The number of amides is 1. The van der Waals surface area contributed by atoms with Crippen molar-refractivity contribution in [3.63, 3.8) is 0 Å². The number of nitrogens with one attached hydrogen (secondary N) is 1. The molecule has 136 valence electrons. The van der Waals surface area contributed by atoms with Gasteiger partial charge in [-0.25, -0.2) is 4.98 Å². The minimum absolute atomic E-state index is 0.0477. The second-order valence-corrected chi connectivity index (χ2v) is 7.14. The lowest BCUT2D eigenvalue weighted by Gasteiger charge is -2.21. The van der Waals surface area contributed by atoms with E-state index >= 15 is 0 Å². The number of carbonyl (C=O) groups is 2. The minimum Gasteiger partial charge on any atom is -0.456 e. The van der Waals surface area contributed by atoms with Gasteiger partial charge in [-0.2, -0.15) is 5.26 Å². The molecule has 2 aromatic heterocycles. The van der Waals surface area contributed by atoms with Crippen molar-refractivity contribution in [2.45, 2.75) is 44.2 Å². The van der Waals surface area contributed by atoms with Crippen LogP contribution in [0.3, 0.4) is 0 Å². The largest absolute Gasteiger partial charge is 0.456 e. The van der Waals surface area contributed by atoms with E-state index in [2.05, 4.69) is 16.4 Å². The van der Waals surface area contributed by atoms with Gasteiger partial charge in [-0.05, 0) is 37.1 Å². The van der Waals surface area contributed by atoms with Crippen molar-refractivity contribution in [2.75, 3.05) is 6.61 Å². The molecule has 9 heteroatoms. The van der Waals surface area contributed by atoms with Crippen LogP contribution in [0.2, 0.25) is 0 Å². The van der Waals surface area contributed by atoms with E-state index in [0.717, 1.165) is 12.8 Å². The lowest BCUT2D eigenvalue weighted by Crippen LogP contribution is -2.46. The zero-order valence-electron chi connectivity index (χ0n) is 14.1. The van der Waals surface area contributed by atoms with E-state index < -0.39 is 24.0 Å². The van der Waals surface area contributed by atoms with Crippen LogP contribution in [0.25, 0.3) is 10.2 Å². The summed E-state index contributed by atoms with van der Waals surface area (Å²) in [6.45, 7) is -0.306. The van der Waals surface area contributed by atoms with Crippen molar-refractivity contribution in [3.8, 4) is 6.07 Å². The van der Waals surface area contributed by atoms with Crippen LogP contribution in [0.15, 0.2) is 22.6 Å². The number of carbonyl (C=O) groups excluding carboxylic acids is 2. The van der Waals surface area contributed by atoms with Crippen LogP contribution in [-0.4, -0.2) is 33.6 Å². The molecule has 0 aromatic carbocycles. The monoisotopic (exact) mass is 374 g/mol. The molecule has 3 rings (SSSR count). The third-order valence-electron chi connectivity index (χ3n) is 4.42. The number of nitrogens with zero attached hydrogens (tertiary/aromatic N) is 3. The van der Waals surface area contributed by atoms with Crippen LogP contribution in [0, 0.1) is 11.3 Å². The molecule has 2 heterocycles.